The van der Waals surface area contributed by atoms with Crippen LogP contribution in [0.15, 0.2) is 0 Å². The number of carboxylic acids is 1. The number of amides is 1. The summed E-state index contributed by atoms with van der Waals surface area (Å²) in [4.78, 5) is 35.1. The van der Waals surface area contributed by atoms with Gasteiger partial charge in [-0.05, 0) is 12.8 Å². The normalized spacial score (nSPS) is 11.8. The van der Waals surface area contributed by atoms with Crippen molar-refractivity contribution in [2.45, 2.75) is 142 Å². The zero-order valence-corrected chi connectivity index (χ0v) is 20.8. The molecule has 0 aromatic carbocycles. The van der Waals surface area contributed by atoms with E-state index in [0.29, 0.717) is 6.42 Å². The molecule has 6 nitrogen and oxygen atoms in total. The Morgan fingerprint density at radius 2 is 1.12 bits per heavy atom. The van der Waals surface area contributed by atoms with Crippen molar-refractivity contribution in [1.82, 2.24) is 5.32 Å². The minimum atomic E-state index is -1.13. The van der Waals surface area contributed by atoms with Gasteiger partial charge in [-0.3, -0.25) is 9.59 Å². The van der Waals surface area contributed by atoms with E-state index < -0.39 is 24.4 Å². The molecule has 188 valence electrons. The molecule has 0 saturated heterocycles. The highest BCUT2D eigenvalue weighted by atomic mass is 16.5. The van der Waals surface area contributed by atoms with Gasteiger partial charge in [-0.1, -0.05) is 110 Å². The Balaban J connectivity index is 3.67. The van der Waals surface area contributed by atoms with Crippen LogP contribution in [0.4, 0.5) is 0 Å². The first kappa shape index (κ1) is 30.4. The molecule has 0 fully saturated rings. The van der Waals surface area contributed by atoms with E-state index in [0.717, 1.165) is 32.1 Å². The molecule has 0 heterocycles. The number of hydrogen-bond donors (Lipinski definition) is 2. The number of carbonyl (C=O) groups excluding carboxylic acids is 2. The van der Waals surface area contributed by atoms with E-state index in [1.807, 2.05) is 6.92 Å². The fraction of sp³-hybridized carbons (Fsp3) is 0.885. The number of hydrogen-bond acceptors (Lipinski definition) is 4. The lowest BCUT2D eigenvalue weighted by atomic mass is 10.0. The van der Waals surface area contributed by atoms with Gasteiger partial charge in [-0.15, -0.1) is 0 Å². The van der Waals surface area contributed by atoms with Crippen LogP contribution in [0.2, 0.25) is 0 Å². The maximum Gasteiger partial charge on any atom is 0.329 e. The van der Waals surface area contributed by atoms with Gasteiger partial charge in [0.25, 0.3) is 0 Å². The molecule has 1 atom stereocenters. The molecular formula is C26H49NO5. The number of carboxylic acid groups (broad SMARTS) is 1. The summed E-state index contributed by atoms with van der Waals surface area (Å²) in [5.41, 5.74) is 0. The van der Waals surface area contributed by atoms with E-state index in [1.165, 1.54) is 77.0 Å². The predicted octanol–water partition coefficient (Wildman–Crippen LogP) is 6.55. The second-order valence-corrected chi connectivity index (χ2v) is 8.94. The van der Waals surface area contributed by atoms with Crippen molar-refractivity contribution < 1.29 is 24.2 Å². The van der Waals surface area contributed by atoms with E-state index in [9.17, 15) is 14.4 Å². The lowest BCUT2D eigenvalue weighted by Crippen LogP contribution is -2.43. The van der Waals surface area contributed by atoms with Crippen molar-refractivity contribution in [3.05, 3.63) is 0 Å². The molecular weight excluding hydrogens is 406 g/mol. The number of aliphatic carboxylic acids is 1. The fourth-order valence-electron chi connectivity index (χ4n) is 3.71. The third-order valence-electron chi connectivity index (χ3n) is 5.75. The molecule has 6 heteroatoms. The quantitative estimate of drug-likeness (QED) is 0.135. The van der Waals surface area contributed by atoms with Crippen molar-refractivity contribution in [1.29, 1.82) is 0 Å². The zero-order valence-electron chi connectivity index (χ0n) is 20.8. The predicted molar refractivity (Wildman–Crippen MR) is 130 cm³/mol. The van der Waals surface area contributed by atoms with Crippen LogP contribution in [0, 0.1) is 0 Å². The molecule has 2 N–H and O–H groups in total. The summed E-state index contributed by atoms with van der Waals surface area (Å²) in [6.07, 6.45) is 20.4. The molecule has 0 bridgehead atoms. The number of esters is 1. The Morgan fingerprint density at radius 1 is 0.688 bits per heavy atom. The van der Waals surface area contributed by atoms with Gasteiger partial charge in [0.1, 0.15) is 6.04 Å². The average molecular weight is 456 g/mol. The average Bonchev–Trinajstić information content (AvgIpc) is 2.75. The van der Waals surface area contributed by atoms with E-state index >= 15 is 0 Å². The molecule has 0 aromatic rings. The van der Waals surface area contributed by atoms with Gasteiger partial charge in [-0.2, -0.15) is 0 Å². The van der Waals surface area contributed by atoms with Crippen molar-refractivity contribution in [3.8, 4) is 0 Å². The van der Waals surface area contributed by atoms with Crippen LogP contribution in [0.3, 0.4) is 0 Å². The Bertz CT molecular complexity index is 481. The molecule has 1 amide bonds. The van der Waals surface area contributed by atoms with Crippen molar-refractivity contribution in [3.63, 3.8) is 0 Å². The van der Waals surface area contributed by atoms with Crippen molar-refractivity contribution in [2.75, 3.05) is 6.61 Å². The van der Waals surface area contributed by atoms with Crippen LogP contribution in [-0.2, 0) is 19.1 Å². The van der Waals surface area contributed by atoms with Gasteiger partial charge >= 0.3 is 11.9 Å². The van der Waals surface area contributed by atoms with Crippen LogP contribution < -0.4 is 5.32 Å². The Morgan fingerprint density at radius 3 is 1.56 bits per heavy atom. The summed E-state index contributed by atoms with van der Waals surface area (Å²) < 4.78 is 5.06. The minimum absolute atomic E-state index is 0.250. The van der Waals surface area contributed by atoms with Crippen LogP contribution in [-0.4, -0.2) is 35.6 Å². The van der Waals surface area contributed by atoms with Gasteiger partial charge in [-0.25, -0.2) is 4.79 Å². The zero-order chi connectivity index (χ0) is 23.9. The SMILES string of the molecule is CCCCCCCCCCCCCCCCCC(=O)N[C@@H](CC(=O)O)C(=O)OCCCC. The van der Waals surface area contributed by atoms with Gasteiger partial charge < -0.3 is 15.2 Å². The summed E-state index contributed by atoms with van der Waals surface area (Å²) >= 11 is 0. The number of rotatable bonds is 23. The third-order valence-corrected chi connectivity index (χ3v) is 5.75. The first-order chi connectivity index (χ1) is 15.5. The second-order valence-electron chi connectivity index (χ2n) is 8.94. The molecule has 0 rings (SSSR count). The summed E-state index contributed by atoms with van der Waals surface area (Å²) in [6, 6.07) is -1.10. The smallest absolute Gasteiger partial charge is 0.329 e. The second kappa shape index (κ2) is 22.6. The summed E-state index contributed by atoms with van der Waals surface area (Å²) in [6.45, 7) is 4.48. The maximum absolute atomic E-state index is 12.1. The Kier molecular flexibility index (Phi) is 21.5. The summed E-state index contributed by atoms with van der Waals surface area (Å²) in [5.74, 6) is -2.07. The third kappa shape index (κ3) is 20.3. The van der Waals surface area contributed by atoms with Gasteiger partial charge in [0.15, 0.2) is 0 Å². The lowest BCUT2D eigenvalue weighted by molar-refractivity contribution is -0.151. The monoisotopic (exact) mass is 455 g/mol. The Hall–Kier alpha value is -1.59. The topological polar surface area (TPSA) is 92.7 Å². The van der Waals surface area contributed by atoms with Crippen molar-refractivity contribution >= 4 is 17.8 Å². The highest BCUT2D eigenvalue weighted by Gasteiger charge is 2.24. The van der Waals surface area contributed by atoms with Crippen LogP contribution in [0.5, 0.6) is 0 Å². The van der Waals surface area contributed by atoms with Crippen molar-refractivity contribution in [2.24, 2.45) is 0 Å². The molecule has 0 aliphatic rings. The van der Waals surface area contributed by atoms with Crippen LogP contribution in [0.25, 0.3) is 0 Å². The molecule has 32 heavy (non-hydrogen) atoms. The fourth-order valence-corrected chi connectivity index (χ4v) is 3.71. The first-order valence-corrected chi connectivity index (χ1v) is 13.2. The Labute approximate surface area is 196 Å². The van der Waals surface area contributed by atoms with Gasteiger partial charge in [0, 0.05) is 6.42 Å². The van der Waals surface area contributed by atoms with Crippen LogP contribution >= 0.6 is 0 Å². The van der Waals surface area contributed by atoms with E-state index in [-0.39, 0.29) is 12.5 Å². The number of nitrogens with one attached hydrogen (secondary N) is 1. The summed E-state index contributed by atoms with van der Waals surface area (Å²) in [7, 11) is 0. The molecule has 0 saturated carbocycles. The minimum Gasteiger partial charge on any atom is -0.481 e. The van der Waals surface area contributed by atoms with E-state index in [2.05, 4.69) is 12.2 Å². The molecule has 0 aliphatic carbocycles. The van der Waals surface area contributed by atoms with Crippen LogP contribution in [0.1, 0.15) is 136 Å². The number of unbranched alkanes of at least 4 members (excludes halogenated alkanes) is 15. The lowest BCUT2D eigenvalue weighted by Gasteiger charge is -2.16. The van der Waals surface area contributed by atoms with E-state index in [1.54, 1.807) is 0 Å². The number of carbonyl (C=O) groups is 3. The first-order valence-electron chi connectivity index (χ1n) is 13.2. The number of ether oxygens (including phenoxy) is 1. The standard InChI is InChI=1S/C26H49NO5/c1-3-5-7-8-9-10-11-12-13-14-15-16-17-18-19-20-24(28)27-23(22-25(29)30)26(31)32-21-6-4-2/h23H,3-22H2,1-2H3,(H,27,28)(H,29,30)/t23-/m0/s1. The summed E-state index contributed by atoms with van der Waals surface area (Å²) in [5, 5.41) is 11.5. The molecule has 0 spiro atoms. The largest absolute Gasteiger partial charge is 0.481 e. The molecule has 0 radical (unpaired) electrons. The maximum atomic E-state index is 12.1. The molecule has 0 aliphatic heterocycles. The van der Waals surface area contributed by atoms with E-state index in [4.69, 9.17) is 9.84 Å². The van der Waals surface area contributed by atoms with Gasteiger partial charge in [0.05, 0.1) is 13.0 Å². The highest BCUT2D eigenvalue weighted by molar-refractivity contribution is 5.87. The van der Waals surface area contributed by atoms with Gasteiger partial charge in [0.2, 0.25) is 5.91 Å². The molecule has 0 unspecified atom stereocenters. The molecule has 0 aromatic heterocycles. The highest BCUT2D eigenvalue weighted by Crippen LogP contribution is 2.13.